The van der Waals surface area contributed by atoms with Crippen LogP contribution in [0.5, 0.6) is 0 Å². The van der Waals surface area contributed by atoms with E-state index >= 15 is 0 Å². The number of hydrogen-bond acceptors (Lipinski definition) is 3. The van der Waals surface area contributed by atoms with E-state index in [0.717, 1.165) is 38.2 Å². The Bertz CT molecular complexity index is 494. The number of nitrogens with one attached hydrogen (secondary N) is 1. The van der Waals surface area contributed by atoms with Gasteiger partial charge in [-0.3, -0.25) is 9.69 Å². The quantitative estimate of drug-likeness (QED) is 0.863. The number of hydrogen-bond donors (Lipinski definition) is 2. The van der Waals surface area contributed by atoms with Crippen molar-refractivity contribution >= 4 is 5.91 Å². The number of benzene rings is 1. The van der Waals surface area contributed by atoms with Gasteiger partial charge in [-0.2, -0.15) is 0 Å². The Kier molecular flexibility index (Phi) is 4.03. The van der Waals surface area contributed by atoms with Crippen LogP contribution >= 0.6 is 0 Å². The standard InChI is InChI=1S/C16H23N3O/c17-16(20)15(19-9-7-18-8-10-19)14-6-5-12-3-1-2-4-13(12)11-14/h5-6,11,15,18H,1-4,7-10H2,(H2,17,20). The van der Waals surface area contributed by atoms with Crippen LogP contribution < -0.4 is 11.1 Å². The van der Waals surface area contributed by atoms with E-state index in [-0.39, 0.29) is 11.9 Å². The van der Waals surface area contributed by atoms with Crippen LogP contribution in [0.4, 0.5) is 0 Å². The molecular formula is C16H23N3O. The lowest BCUT2D eigenvalue weighted by Gasteiger charge is -2.33. The molecular weight excluding hydrogens is 250 g/mol. The molecule has 0 bridgehead atoms. The second kappa shape index (κ2) is 5.94. The van der Waals surface area contributed by atoms with Gasteiger partial charge in [0.05, 0.1) is 0 Å². The van der Waals surface area contributed by atoms with Crippen molar-refractivity contribution in [1.29, 1.82) is 0 Å². The predicted molar refractivity (Wildman–Crippen MR) is 79.5 cm³/mol. The molecule has 1 atom stereocenters. The second-order valence-corrected chi connectivity index (χ2v) is 5.83. The maximum Gasteiger partial charge on any atom is 0.239 e. The highest BCUT2D eigenvalue weighted by Gasteiger charge is 2.27. The molecule has 3 N–H and O–H groups in total. The van der Waals surface area contributed by atoms with Gasteiger partial charge in [-0.15, -0.1) is 0 Å². The molecule has 108 valence electrons. The molecule has 1 heterocycles. The Hall–Kier alpha value is -1.39. The van der Waals surface area contributed by atoms with Crippen molar-refractivity contribution < 1.29 is 4.79 Å². The first-order valence-corrected chi connectivity index (χ1v) is 7.61. The predicted octanol–water partition coefficient (Wildman–Crippen LogP) is 0.997. The summed E-state index contributed by atoms with van der Waals surface area (Å²) in [7, 11) is 0. The molecule has 1 amide bonds. The highest BCUT2D eigenvalue weighted by molar-refractivity contribution is 5.81. The maximum atomic E-state index is 11.9. The third-order valence-corrected chi connectivity index (χ3v) is 4.47. The number of aryl methyl sites for hydroxylation is 2. The van der Waals surface area contributed by atoms with Crippen LogP contribution in [0.15, 0.2) is 18.2 Å². The van der Waals surface area contributed by atoms with Crippen molar-refractivity contribution in [3.8, 4) is 0 Å². The monoisotopic (exact) mass is 273 g/mol. The summed E-state index contributed by atoms with van der Waals surface area (Å²) < 4.78 is 0. The van der Waals surface area contributed by atoms with E-state index in [0.29, 0.717) is 0 Å². The van der Waals surface area contributed by atoms with Crippen LogP contribution in [0.25, 0.3) is 0 Å². The van der Waals surface area contributed by atoms with Gasteiger partial charge in [0, 0.05) is 26.2 Å². The minimum Gasteiger partial charge on any atom is -0.368 e. The summed E-state index contributed by atoms with van der Waals surface area (Å²) in [4.78, 5) is 14.1. The first-order chi connectivity index (χ1) is 9.75. The average Bonchev–Trinajstić information content (AvgIpc) is 2.48. The number of rotatable bonds is 3. The van der Waals surface area contributed by atoms with Gasteiger partial charge >= 0.3 is 0 Å². The van der Waals surface area contributed by atoms with E-state index in [1.165, 1.54) is 30.4 Å². The van der Waals surface area contributed by atoms with Gasteiger partial charge in [0.15, 0.2) is 0 Å². The molecule has 1 aliphatic heterocycles. The van der Waals surface area contributed by atoms with Gasteiger partial charge in [-0.25, -0.2) is 0 Å². The molecule has 0 spiro atoms. The van der Waals surface area contributed by atoms with Gasteiger partial charge in [0.25, 0.3) is 0 Å². The number of nitrogens with two attached hydrogens (primary N) is 1. The first-order valence-electron chi connectivity index (χ1n) is 7.61. The van der Waals surface area contributed by atoms with Crippen molar-refractivity contribution in [2.75, 3.05) is 26.2 Å². The van der Waals surface area contributed by atoms with Crippen molar-refractivity contribution in [3.05, 3.63) is 34.9 Å². The molecule has 0 radical (unpaired) electrons. The summed E-state index contributed by atoms with van der Waals surface area (Å²) in [5.74, 6) is -0.234. The molecule has 3 rings (SSSR count). The summed E-state index contributed by atoms with van der Waals surface area (Å²) in [6.45, 7) is 3.61. The van der Waals surface area contributed by atoms with Crippen molar-refractivity contribution in [1.82, 2.24) is 10.2 Å². The van der Waals surface area contributed by atoms with E-state index in [9.17, 15) is 4.79 Å². The Labute approximate surface area is 120 Å². The smallest absolute Gasteiger partial charge is 0.239 e. The molecule has 0 saturated carbocycles. The summed E-state index contributed by atoms with van der Waals surface area (Å²) >= 11 is 0. The Morgan fingerprint density at radius 3 is 2.55 bits per heavy atom. The Morgan fingerprint density at radius 2 is 1.85 bits per heavy atom. The molecule has 1 aliphatic carbocycles. The Balaban J connectivity index is 1.88. The number of carbonyl (C=O) groups is 1. The number of primary amides is 1. The zero-order valence-corrected chi connectivity index (χ0v) is 11.9. The third kappa shape index (κ3) is 2.72. The van der Waals surface area contributed by atoms with E-state index in [2.05, 4.69) is 28.4 Å². The van der Waals surface area contributed by atoms with Crippen LogP contribution in [0.2, 0.25) is 0 Å². The second-order valence-electron chi connectivity index (χ2n) is 5.83. The van der Waals surface area contributed by atoms with E-state index in [1.54, 1.807) is 0 Å². The first kappa shape index (κ1) is 13.6. The van der Waals surface area contributed by atoms with Crippen molar-refractivity contribution in [2.24, 2.45) is 5.73 Å². The van der Waals surface area contributed by atoms with Crippen LogP contribution in [0.3, 0.4) is 0 Å². The number of carbonyl (C=O) groups excluding carboxylic acids is 1. The van der Waals surface area contributed by atoms with E-state index in [4.69, 9.17) is 5.73 Å². The molecule has 4 nitrogen and oxygen atoms in total. The number of fused-ring (bicyclic) bond motifs is 1. The summed E-state index contributed by atoms with van der Waals surface area (Å²) in [5.41, 5.74) is 9.60. The molecule has 0 aromatic heterocycles. The zero-order valence-electron chi connectivity index (χ0n) is 11.9. The highest BCUT2D eigenvalue weighted by atomic mass is 16.1. The fraction of sp³-hybridized carbons (Fsp3) is 0.562. The summed E-state index contributed by atoms with van der Waals surface area (Å²) in [6, 6.07) is 6.24. The molecule has 4 heteroatoms. The lowest BCUT2D eigenvalue weighted by molar-refractivity contribution is -0.123. The van der Waals surface area contributed by atoms with Crippen LogP contribution in [-0.2, 0) is 17.6 Å². The minimum atomic E-state index is -0.274. The van der Waals surface area contributed by atoms with Crippen molar-refractivity contribution in [3.63, 3.8) is 0 Å². The van der Waals surface area contributed by atoms with E-state index < -0.39 is 0 Å². The zero-order chi connectivity index (χ0) is 13.9. The SMILES string of the molecule is NC(=O)C(c1ccc2c(c1)CCCC2)N1CCNCC1. The van der Waals surface area contributed by atoms with Gasteiger partial charge < -0.3 is 11.1 Å². The minimum absolute atomic E-state index is 0.234. The van der Waals surface area contributed by atoms with Gasteiger partial charge in [0.2, 0.25) is 5.91 Å². The fourth-order valence-electron chi connectivity index (χ4n) is 3.42. The summed E-state index contributed by atoms with van der Waals surface area (Å²) in [5, 5.41) is 3.32. The largest absolute Gasteiger partial charge is 0.368 e. The fourth-order valence-corrected chi connectivity index (χ4v) is 3.42. The highest BCUT2D eigenvalue weighted by Crippen LogP contribution is 2.27. The summed E-state index contributed by atoms with van der Waals surface area (Å²) in [6.07, 6.45) is 4.84. The third-order valence-electron chi connectivity index (χ3n) is 4.47. The topological polar surface area (TPSA) is 58.4 Å². The normalized spacial score (nSPS) is 21.2. The van der Waals surface area contributed by atoms with Crippen LogP contribution in [-0.4, -0.2) is 37.0 Å². The molecule has 2 aliphatic rings. The molecule has 1 saturated heterocycles. The molecule has 1 aromatic rings. The molecule has 1 unspecified atom stereocenters. The Morgan fingerprint density at radius 1 is 1.15 bits per heavy atom. The van der Waals surface area contributed by atoms with Crippen LogP contribution in [0.1, 0.15) is 35.6 Å². The van der Waals surface area contributed by atoms with Gasteiger partial charge in [-0.05, 0) is 42.4 Å². The van der Waals surface area contributed by atoms with Gasteiger partial charge in [-0.1, -0.05) is 18.2 Å². The molecule has 1 fully saturated rings. The van der Waals surface area contributed by atoms with E-state index in [1.807, 2.05) is 0 Å². The number of nitrogens with zero attached hydrogens (tertiary/aromatic N) is 1. The number of piperazine rings is 1. The van der Waals surface area contributed by atoms with Gasteiger partial charge in [0.1, 0.15) is 6.04 Å². The maximum absolute atomic E-state index is 11.9. The lowest BCUT2D eigenvalue weighted by atomic mass is 9.88. The lowest BCUT2D eigenvalue weighted by Crippen LogP contribution is -2.48. The van der Waals surface area contributed by atoms with Crippen molar-refractivity contribution in [2.45, 2.75) is 31.7 Å². The average molecular weight is 273 g/mol. The molecule has 1 aromatic carbocycles. The van der Waals surface area contributed by atoms with Crippen LogP contribution in [0, 0.1) is 0 Å². The molecule has 20 heavy (non-hydrogen) atoms. The number of amides is 1.